The third-order valence-corrected chi connectivity index (χ3v) is 5.82. The van der Waals surface area contributed by atoms with Gasteiger partial charge in [-0.3, -0.25) is 14.3 Å². The standard InChI is InChI=1S/C24H30N8O2/c1-6-7-12-31-20-21(28-23(31)29(4)13-15(2)25)30(5)24(34)32(22(20)33)14-19-26-16(3)17-10-8-9-11-18(17)27-19/h8-11,15,24,34H,12-14,25H2,1-5H3/t15-,24?/m0/s1. The van der Waals surface area contributed by atoms with Crippen molar-refractivity contribution in [2.24, 2.45) is 5.73 Å². The van der Waals surface area contributed by atoms with E-state index in [1.165, 1.54) is 4.90 Å². The van der Waals surface area contributed by atoms with Crippen LogP contribution in [-0.2, 0) is 13.1 Å². The van der Waals surface area contributed by atoms with Crippen LogP contribution in [0.25, 0.3) is 10.9 Å². The number of nitrogens with two attached hydrogens (primary N) is 1. The molecule has 2 aromatic heterocycles. The quantitative estimate of drug-likeness (QED) is 0.527. The molecule has 34 heavy (non-hydrogen) atoms. The van der Waals surface area contributed by atoms with Gasteiger partial charge in [0.25, 0.3) is 5.91 Å². The number of hydrogen-bond acceptors (Lipinski definition) is 8. The summed E-state index contributed by atoms with van der Waals surface area (Å²) in [5.74, 6) is 6.96. The zero-order valence-corrected chi connectivity index (χ0v) is 20.1. The summed E-state index contributed by atoms with van der Waals surface area (Å²) in [5, 5.41) is 12.0. The van der Waals surface area contributed by atoms with Crippen molar-refractivity contribution in [3.63, 3.8) is 0 Å². The van der Waals surface area contributed by atoms with Gasteiger partial charge >= 0.3 is 0 Å². The highest BCUT2D eigenvalue weighted by Crippen LogP contribution is 2.33. The lowest BCUT2D eigenvalue weighted by Crippen LogP contribution is -2.54. The first-order valence-electron chi connectivity index (χ1n) is 11.1. The van der Waals surface area contributed by atoms with E-state index in [0.717, 1.165) is 16.6 Å². The fourth-order valence-corrected chi connectivity index (χ4v) is 4.23. The molecule has 4 rings (SSSR count). The molecule has 0 radical (unpaired) electrons. The summed E-state index contributed by atoms with van der Waals surface area (Å²) < 4.78 is 1.78. The molecule has 3 N–H and O–H groups in total. The number of aliphatic hydroxyl groups is 1. The van der Waals surface area contributed by atoms with Crippen molar-refractivity contribution < 1.29 is 9.90 Å². The number of rotatable bonds is 6. The molecule has 1 amide bonds. The zero-order valence-electron chi connectivity index (χ0n) is 20.1. The molecule has 1 aromatic carbocycles. The molecule has 2 atom stereocenters. The van der Waals surface area contributed by atoms with Crippen LogP contribution in [-0.4, -0.2) is 68.5 Å². The van der Waals surface area contributed by atoms with Crippen LogP contribution in [0.4, 0.5) is 11.8 Å². The number of carbonyl (C=O) groups is 1. The SMILES string of the molecule is CC#CCn1c(N(C)C[C@H](C)N)nc2c1C(=O)N(Cc1nc(C)c3ccccc3n1)C(O)N2C. The van der Waals surface area contributed by atoms with Gasteiger partial charge in [0.2, 0.25) is 12.3 Å². The Morgan fingerprint density at radius 2 is 2.00 bits per heavy atom. The Balaban J connectivity index is 1.76. The highest BCUT2D eigenvalue weighted by molar-refractivity contribution is 6.00. The lowest BCUT2D eigenvalue weighted by atomic mass is 10.2. The highest BCUT2D eigenvalue weighted by Gasteiger charge is 2.40. The molecule has 10 nitrogen and oxygen atoms in total. The third kappa shape index (κ3) is 4.16. The van der Waals surface area contributed by atoms with Crippen LogP contribution in [0.15, 0.2) is 24.3 Å². The van der Waals surface area contributed by atoms with Gasteiger partial charge in [0, 0.05) is 37.8 Å². The van der Waals surface area contributed by atoms with E-state index in [1.807, 2.05) is 50.1 Å². The molecule has 3 aromatic rings. The van der Waals surface area contributed by atoms with Crippen LogP contribution in [0.1, 0.15) is 35.9 Å². The number of aromatic nitrogens is 4. The maximum absolute atomic E-state index is 13.7. The van der Waals surface area contributed by atoms with Gasteiger partial charge in [-0.15, -0.1) is 5.92 Å². The first-order valence-corrected chi connectivity index (χ1v) is 11.1. The Kier molecular flexibility index (Phi) is 6.41. The Hall–Kier alpha value is -3.68. The number of anilines is 2. The summed E-state index contributed by atoms with van der Waals surface area (Å²) in [6.45, 7) is 6.44. The average Bonchev–Trinajstić information content (AvgIpc) is 3.18. The maximum Gasteiger partial charge on any atom is 0.278 e. The summed E-state index contributed by atoms with van der Waals surface area (Å²) >= 11 is 0. The van der Waals surface area contributed by atoms with Gasteiger partial charge < -0.3 is 20.6 Å². The summed E-state index contributed by atoms with van der Waals surface area (Å²) in [5.41, 5.74) is 7.96. The lowest BCUT2D eigenvalue weighted by Gasteiger charge is -2.38. The molecule has 0 spiro atoms. The number of aryl methyl sites for hydroxylation is 1. The molecule has 0 fully saturated rings. The fourth-order valence-electron chi connectivity index (χ4n) is 4.23. The number of para-hydroxylation sites is 1. The molecular weight excluding hydrogens is 432 g/mol. The monoisotopic (exact) mass is 462 g/mol. The van der Waals surface area contributed by atoms with Gasteiger partial charge in [0.05, 0.1) is 18.6 Å². The topological polar surface area (TPSA) is 117 Å². The van der Waals surface area contributed by atoms with E-state index in [-0.39, 0.29) is 25.0 Å². The largest absolute Gasteiger partial charge is 0.356 e. The molecule has 0 aliphatic carbocycles. The molecule has 0 saturated carbocycles. The molecule has 1 aliphatic rings. The number of carbonyl (C=O) groups excluding carboxylic acids is 1. The number of hydrogen-bond donors (Lipinski definition) is 2. The fraction of sp³-hybridized carbons (Fsp3) is 0.417. The van der Waals surface area contributed by atoms with E-state index in [1.54, 1.807) is 23.4 Å². The second kappa shape index (κ2) is 9.29. The van der Waals surface area contributed by atoms with Crippen molar-refractivity contribution in [2.75, 3.05) is 30.4 Å². The van der Waals surface area contributed by atoms with Crippen molar-refractivity contribution >= 4 is 28.6 Å². The lowest BCUT2D eigenvalue weighted by molar-refractivity contribution is -0.00184. The van der Waals surface area contributed by atoms with Gasteiger partial charge in [0.15, 0.2) is 11.5 Å². The molecule has 10 heteroatoms. The Bertz CT molecular complexity index is 1290. The van der Waals surface area contributed by atoms with Gasteiger partial charge in [-0.05, 0) is 26.8 Å². The minimum Gasteiger partial charge on any atom is -0.356 e. The van der Waals surface area contributed by atoms with Gasteiger partial charge in [-0.2, -0.15) is 4.98 Å². The first-order chi connectivity index (χ1) is 16.2. The van der Waals surface area contributed by atoms with Crippen molar-refractivity contribution in [3.8, 4) is 11.8 Å². The van der Waals surface area contributed by atoms with Crippen LogP contribution in [0, 0.1) is 18.8 Å². The second-order valence-electron chi connectivity index (χ2n) is 8.59. The number of amides is 1. The number of likely N-dealkylation sites (N-methyl/N-ethyl adjacent to an activating group) is 1. The van der Waals surface area contributed by atoms with Crippen LogP contribution < -0.4 is 15.5 Å². The van der Waals surface area contributed by atoms with Crippen LogP contribution in [0.3, 0.4) is 0 Å². The smallest absolute Gasteiger partial charge is 0.278 e. The van der Waals surface area contributed by atoms with Crippen molar-refractivity contribution in [3.05, 3.63) is 41.5 Å². The van der Waals surface area contributed by atoms with Gasteiger partial charge in [0.1, 0.15) is 5.82 Å². The van der Waals surface area contributed by atoms with Crippen LogP contribution in [0.5, 0.6) is 0 Å². The van der Waals surface area contributed by atoms with Crippen molar-refractivity contribution in [1.82, 2.24) is 24.4 Å². The van der Waals surface area contributed by atoms with Crippen molar-refractivity contribution in [1.29, 1.82) is 0 Å². The van der Waals surface area contributed by atoms with E-state index in [9.17, 15) is 9.90 Å². The Labute approximate surface area is 199 Å². The van der Waals surface area contributed by atoms with Crippen molar-refractivity contribution in [2.45, 2.75) is 46.3 Å². The normalized spacial score (nSPS) is 16.3. The predicted molar refractivity (Wildman–Crippen MR) is 131 cm³/mol. The minimum atomic E-state index is -1.22. The number of imidazole rings is 1. The number of benzene rings is 1. The Morgan fingerprint density at radius 1 is 1.26 bits per heavy atom. The molecule has 0 bridgehead atoms. The minimum absolute atomic E-state index is 0.0467. The molecule has 0 saturated heterocycles. The number of fused-ring (bicyclic) bond motifs is 2. The van der Waals surface area contributed by atoms with E-state index >= 15 is 0 Å². The maximum atomic E-state index is 13.7. The molecule has 1 aliphatic heterocycles. The number of nitrogens with zero attached hydrogens (tertiary/aromatic N) is 7. The zero-order chi connectivity index (χ0) is 24.6. The first kappa shape index (κ1) is 23.5. The molecule has 3 heterocycles. The molecular formula is C24H30N8O2. The summed E-state index contributed by atoms with van der Waals surface area (Å²) in [4.78, 5) is 32.4. The summed E-state index contributed by atoms with van der Waals surface area (Å²) in [6, 6.07) is 7.63. The third-order valence-electron chi connectivity index (χ3n) is 5.82. The average molecular weight is 463 g/mol. The number of aliphatic hydroxyl groups excluding tert-OH is 1. The summed E-state index contributed by atoms with van der Waals surface area (Å²) in [7, 11) is 3.57. The van der Waals surface area contributed by atoms with Gasteiger partial charge in [-0.25, -0.2) is 9.97 Å². The van der Waals surface area contributed by atoms with Crippen LogP contribution in [0.2, 0.25) is 0 Å². The second-order valence-corrected chi connectivity index (χ2v) is 8.59. The van der Waals surface area contributed by atoms with E-state index in [0.29, 0.717) is 29.8 Å². The Morgan fingerprint density at radius 3 is 2.71 bits per heavy atom. The predicted octanol–water partition coefficient (Wildman–Crippen LogP) is 1.31. The molecule has 1 unspecified atom stereocenters. The van der Waals surface area contributed by atoms with Gasteiger partial charge in [-0.1, -0.05) is 24.1 Å². The molecule has 178 valence electrons. The highest BCUT2D eigenvalue weighted by atomic mass is 16.3. The van der Waals surface area contributed by atoms with E-state index in [2.05, 4.69) is 26.8 Å². The van der Waals surface area contributed by atoms with E-state index < -0.39 is 6.35 Å². The van der Waals surface area contributed by atoms with E-state index in [4.69, 9.17) is 5.73 Å². The summed E-state index contributed by atoms with van der Waals surface area (Å²) in [6.07, 6.45) is -1.22. The van der Waals surface area contributed by atoms with Crippen LogP contribution >= 0.6 is 0 Å².